The molecule has 4 rings (SSSR count). The van der Waals surface area contributed by atoms with Crippen LogP contribution >= 0.6 is 11.6 Å². The molecule has 1 N–H and O–H groups in total. The molecular formula is C27H34ClN3O3. The number of carbonyl (C=O) groups is 1. The van der Waals surface area contributed by atoms with Gasteiger partial charge >= 0.3 is 0 Å². The van der Waals surface area contributed by atoms with Crippen LogP contribution in [-0.4, -0.2) is 57.2 Å². The first-order valence-electron chi connectivity index (χ1n) is 11.9. The Bertz CT molecular complexity index is 1140. The topological polar surface area (TPSA) is 58.0 Å². The van der Waals surface area contributed by atoms with Crippen LogP contribution in [0.5, 0.6) is 5.75 Å². The molecule has 0 bridgehead atoms. The van der Waals surface area contributed by atoms with E-state index in [0.29, 0.717) is 22.7 Å². The smallest absolute Gasteiger partial charge is 0.255 e. The van der Waals surface area contributed by atoms with Crippen molar-refractivity contribution in [1.82, 2.24) is 10.2 Å². The fraction of sp³-hybridized carbons (Fsp3) is 0.444. The number of piperazine rings is 1. The molecule has 1 saturated heterocycles. The molecule has 6 nitrogen and oxygen atoms in total. The van der Waals surface area contributed by atoms with Crippen molar-refractivity contribution in [1.29, 1.82) is 0 Å². The predicted octanol–water partition coefficient (Wildman–Crippen LogP) is 5.33. The molecule has 1 amide bonds. The van der Waals surface area contributed by atoms with Crippen LogP contribution in [0.1, 0.15) is 43.3 Å². The summed E-state index contributed by atoms with van der Waals surface area (Å²) >= 11 is 6.20. The first-order valence-corrected chi connectivity index (χ1v) is 12.3. The van der Waals surface area contributed by atoms with Gasteiger partial charge in [-0.1, -0.05) is 44.5 Å². The van der Waals surface area contributed by atoms with Crippen LogP contribution in [0.25, 0.3) is 11.0 Å². The number of halogens is 1. The second-order valence-electron chi connectivity index (χ2n) is 9.84. The Kier molecular flexibility index (Phi) is 7.39. The summed E-state index contributed by atoms with van der Waals surface area (Å²) < 4.78 is 11.6. The number of nitrogens with zero attached hydrogens (tertiary/aromatic N) is 2. The SMILES string of the molecule is COc1ccc(Cl)cc1N1CCN(CCCNC(=O)c2cccc3cc(C(C)(C)C)oc23)CC1. The number of hydrogen-bond acceptors (Lipinski definition) is 5. The molecule has 7 heteroatoms. The zero-order valence-corrected chi connectivity index (χ0v) is 21.2. The molecule has 0 aliphatic carbocycles. The normalized spacial score (nSPS) is 15.0. The van der Waals surface area contributed by atoms with E-state index in [0.717, 1.165) is 61.7 Å². The van der Waals surface area contributed by atoms with Gasteiger partial charge in [-0.15, -0.1) is 0 Å². The van der Waals surface area contributed by atoms with E-state index in [1.165, 1.54) is 0 Å². The van der Waals surface area contributed by atoms with Gasteiger partial charge in [-0.2, -0.15) is 0 Å². The highest BCUT2D eigenvalue weighted by molar-refractivity contribution is 6.31. The molecule has 3 aromatic rings. The van der Waals surface area contributed by atoms with Gasteiger partial charge in [0.25, 0.3) is 5.91 Å². The van der Waals surface area contributed by atoms with E-state index in [4.69, 9.17) is 20.8 Å². The van der Waals surface area contributed by atoms with E-state index in [1.807, 2.05) is 42.5 Å². The van der Waals surface area contributed by atoms with E-state index in [9.17, 15) is 4.79 Å². The summed E-state index contributed by atoms with van der Waals surface area (Å²) in [5.41, 5.74) is 2.20. The highest BCUT2D eigenvalue weighted by Crippen LogP contribution is 2.32. The van der Waals surface area contributed by atoms with Crippen LogP contribution in [0.3, 0.4) is 0 Å². The summed E-state index contributed by atoms with van der Waals surface area (Å²) in [7, 11) is 1.69. The average molecular weight is 484 g/mol. The first kappa shape index (κ1) is 24.4. The molecule has 0 atom stereocenters. The number of hydrogen-bond donors (Lipinski definition) is 1. The van der Waals surface area contributed by atoms with Crippen LogP contribution in [0, 0.1) is 0 Å². The van der Waals surface area contributed by atoms with Crippen molar-refractivity contribution >= 4 is 34.2 Å². The van der Waals surface area contributed by atoms with Gasteiger partial charge in [0.15, 0.2) is 0 Å². The fourth-order valence-electron chi connectivity index (χ4n) is 4.33. The molecule has 0 saturated carbocycles. The number of ether oxygens (including phenoxy) is 1. The Balaban J connectivity index is 1.26. The molecule has 1 fully saturated rings. The van der Waals surface area contributed by atoms with Gasteiger partial charge in [0, 0.05) is 48.5 Å². The van der Waals surface area contributed by atoms with Crippen molar-refractivity contribution in [3.05, 3.63) is 58.8 Å². The summed E-state index contributed by atoms with van der Waals surface area (Å²) in [5.74, 6) is 1.65. The summed E-state index contributed by atoms with van der Waals surface area (Å²) in [5, 5.41) is 4.75. The maximum Gasteiger partial charge on any atom is 0.255 e. The van der Waals surface area contributed by atoms with E-state index < -0.39 is 0 Å². The van der Waals surface area contributed by atoms with Crippen molar-refractivity contribution in [2.75, 3.05) is 51.3 Å². The third-order valence-electron chi connectivity index (χ3n) is 6.32. The van der Waals surface area contributed by atoms with E-state index in [-0.39, 0.29) is 11.3 Å². The van der Waals surface area contributed by atoms with E-state index >= 15 is 0 Å². The number of nitrogens with one attached hydrogen (secondary N) is 1. The Labute approximate surface area is 206 Å². The molecule has 2 aromatic carbocycles. The van der Waals surface area contributed by atoms with Gasteiger partial charge in [-0.25, -0.2) is 0 Å². The predicted molar refractivity (Wildman–Crippen MR) is 139 cm³/mol. The van der Waals surface area contributed by atoms with Crippen LogP contribution < -0.4 is 15.0 Å². The van der Waals surface area contributed by atoms with Gasteiger partial charge in [0.1, 0.15) is 17.1 Å². The number of furan rings is 1. The van der Waals surface area contributed by atoms with Crippen molar-refractivity contribution in [3.63, 3.8) is 0 Å². The Morgan fingerprint density at radius 2 is 1.88 bits per heavy atom. The maximum atomic E-state index is 12.8. The number of para-hydroxylation sites is 1. The molecule has 1 aliphatic heterocycles. The van der Waals surface area contributed by atoms with Crippen molar-refractivity contribution in [2.24, 2.45) is 0 Å². The zero-order valence-electron chi connectivity index (χ0n) is 20.5. The molecule has 0 radical (unpaired) electrons. The highest BCUT2D eigenvalue weighted by Gasteiger charge is 2.22. The quantitative estimate of drug-likeness (QED) is 0.460. The van der Waals surface area contributed by atoms with Crippen LogP contribution in [-0.2, 0) is 5.41 Å². The summed E-state index contributed by atoms with van der Waals surface area (Å²) in [6, 6.07) is 13.5. The Morgan fingerprint density at radius 3 is 2.59 bits per heavy atom. The summed E-state index contributed by atoms with van der Waals surface area (Å²) in [4.78, 5) is 17.6. The minimum atomic E-state index is -0.102. The molecular weight excluding hydrogens is 450 g/mol. The molecule has 2 heterocycles. The van der Waals surface area contributed by atoms with Gasteiger partial charge in [0.05, 0.1) is 18.4 Å². The van der Waals surface area contributed by atoms with Gasteiger partial charge in [-0.05, 0) is 43.3 Å². The lowest BCUT2D eigenvalue weighted by Gasteiger charge is -2.36. The number of methoxy groups -OCH3 is 1. The van der Waals surface area contributed by atoms with Gasteiger partial charge in [-0.3, -0.25) is 9.69 Å². The summed E-state index contributed by atoms with van der Waals surface area (Å²) in [6.07, 6.45) is 0.896. The molecule has 0 unspecified atom stereocenters. The monoisotopic (exact) mass is 483 g/mol. The zero-order chi connectivity index (χ0) is 24.3. The Morgan fingerprint density at radius 1 is 1.12 bits per heavy atom. The summed E-state index contributed by atoms with van der Waals surface area (Å²) in [6.45, 7) is 11.7. The lowest BCUT2D eigenvalue weighted by molar-refractivity contribution is 0.0952. The van der Waals surface area contributed by atoms with Gasteiger partial charge < -0.3 is 19.4 Å². The van der Waals surface area contributed by atoms with E-state index in [1.54, 1.807) is 7.11 Å². The minimum absolute atomic E-state index is 0.0849. The largest absolute Gasteiger partial charge is 0.495 e. The highest BCUT2D eigenvalue weighted by atomic mass is 35.5. The van der Waals surface area contributed by atoms with Gasteiger partial charge in [0.2, 0.25) is 0 Å². The molecule has 182 valence electrons. The minimum Gasteiger partial charge on any atom is -0.495 e. The number of fused-ring (bicyclic) bond motifs is 1. The van der Waals surface area contributed by atoms with Crippen molar-refractivity contribution in [2.45, 2.75) is 32.6 Å². The second-order valence-corrected chi connectivity index (χ2v) is 10.3. The number of rotatable bonds is 7. The van der Waals surface area contributed by atoms with Crippen molar-refractivity contribution in [3.8, 4) is 5.75 Å². The molecule has 1 aliphatic rings. The average Bonchev–Trinajstić information content (AvgIpc) is 3.27. The van der Waals surface area contributed by atoms with Crippen molar-refractivity contribution < 1.29 is 13.9 Å². The maximum absolute atomic E-state index is 12.8. The third kappa shape index (κ3) is 5.50. The lowest BCUT2D eigenvalue weighted by Crippen LogP contribution is -2.47. The number of anilines is 1. The number of benzene rings is 2. The number of carbonyl (C=O) groups excluding carboxylic acids is 1. The van der Waals surface area contributed by atoms with Crippen LogP contribution in [0.4, 0.5) is 5.69 Å². The molecule has 1 aromatic heterocycles. The van der Waals surface area contributed by atoms with Crippen LogP contribution in [0.15, 0.2) is 46.9 Å². The van der Waals surface area contributed by atoms with E-state index in [2.05, 4.69) is 35.9 Å². The van der Waals surface area contributed by atoms with Crippen LogP contribution in [0.2, 0.25) is 5.02 Å². The second kappa shape index (κ2) is 10.3. The molecule has 34 heavy (non-hydrogen) atoms. The Hall–Kier alpha value is -2.70. The molecule has 0 spiro atoms. The first-order chi connectivity index (χ1) is 16.3. The fourth-order valence-corrected chi connectivity index (χ4v) is 4.50. The standard InChI is InChI=1S/C27H34ClN3O3/c1-27(2,3)24-17-19-7-5-8-21(25(19)34-24)26(32)29-11-6-12-30-13-15-31(16-14-30)22-18-20(28)9-10-23(22)33-4/h5,7-10,17-18H,6,11-16H2,1-4H3,(H,29,32). The lowest BCUT2D eigenvalue weighted by atomic mass is 9.93. The number of amides is 1. The third-order valence-corrected chi connectivity index (χ3v) is 6.55.